The Kier molecular flexibility index (Phi) is 4.90. The van der Waals surface area contributed by atoms with Crippen LogP contribution in [-0.2, 0) is 11.2 Å². The van der Waals surface area contributed by atoms with Crippen LogP contribution in [0.25, 0.3) is 0 Å². The first-order chi connectivity index (χ1) is 9.72. The highest BCUT2D eigenvalue weighted by atomic mass is 16.1. The van der Waals surface area contributed by atoms with Crippen LogP contribution in [0.2, 0.25) is 0 Å². The predicted molar refractivity (Wildman–Crippen MR) is 78.1 cm³/mol. The molecule has 1 amide bonds. The number of nitrogens with one attached hydrogen (secondary N) is 2. The molecule has 1 aromatic carbocycles. The fraction of sp³-hybridized carbons (Fsp3) is 0.333. The molecule has 0 bridgehead atoms. The fourth-order valence-electron chi connectivity index (χ4n) is 2.50. The lowest BCUT2D eigenvalue weighted by molar-refractivity contribution is -0.120. The summed E-state index contributed by atoms with van der Waals surface area (Å²) in [5.74, 6) is -0.284. The second kappa shape index (κ2) is 6.86. The minimum Gasteiger partial charge on any atom is -0.368 e. The minimum absolute atomic E-state index is 0.0435. The summed E-state index contributed by atoms with van der Waals surface area (Å²) in [5, 5.41) is 3.03. The maximum atomic E-state index is 11.6. The first-order valence-corrected chi connectivity index (χ1v) is 6.71. The molecule has 1 aromatic heterocycles. The number of nitrogens with two attached hydrogens (primary N) is 1. The number of amides is 1. The van der Waals surface area contributed by atoms with E-state index in [9.17, 15) is 4.79 Å². The fourth-order valence-corrected chi connectivity index (χ4v) is 2.50. The van der Waals surface area contributed by atoms with Gasteiger partial charge in [0, 0.05) is 17.8 Å². The maximum absolute atomic E-state index is 11.6. The number of nitrogens with zero attached hydrogens (tertiary/aromatic N) is 1. The van der Waals surface area contributed by atoms with E-state index in [0.29, 0.717) is 0 Å². The maximum Gasteiger partial charge on any atom is 0.235 e. The molecule has 2 atom stereocenters. The van der Waals surface area contributed by atoms with Crippen LogP contribution < -0.4 is 11.1 Å². The van der Waals surface area contributed by atoms with Gasteiger partial charge in [-0.2, -0.15) is 0 Å². The molecule has 0 saturated heterocycles. The Morgan fingerprint density at radius 2 is 2.15 bits per heavy atom. The first kappa shape index (κ1) is 14.3. The minimum atomic E-state index is -0.375. The Morgan fingerprint density at radius 3 is 2.70 bits per heavy atom. The van der Waals surface area contributed by atoms with Crippen molar-refractivity contribution in [3.8, 4) is 0 Å². The number of carbonyl (C=O) groups excluding carboxylic acids is 1. The topological polar surface area (TPSA) is 83.8 Å². The quantitative estimate of drug-likeness (QED) is 0.708. The summed E-state index contributed by atoms with van der Waals surface area (Å²) in [7, 11) is 1.77. The summed E-state index contributed by atoms with van der Waals surface area (Å²) < 4.78 is 0. The standard InChI is InChI=1S/C15H20N4O/c1-17-14(15(16)20)13(11-5-3-2-4-6-11)8-7-12-9-18-10-19-12/h2-6,9-10,13-14,17H,7-8H2,1H3,(H2,16,20)(H,18,19). The van der Waals surface area contributed by atoms with Crippen molar-refractivity contribution in [1.82, 2.24) is 15.3 Å². The Hall–Kier alpha value is -2.14. The number of aromatic amines is 1. The number of imidazole rings is 1. The molecular formula is C15H20N4O. The van der Waals surface area contributed by atoms with Gasteiger partial charge in [-0.05, 0) is 25.5 Å². The molecule has 1 heterocycles. The third-order valence-corrected chi connectivity index (χ3v) is 3.53. The van der Waals surface area contributed by atoms with Crippen molar-refractivity contribution in [3.05, 3.63) is 54.1 Å². The Labute approximate surface area is 118 Å². The molecule has 2 rings (SSSR count). The highest BCUT2D eigenvalue weighted by molar-refractivity contribution is 5.81. The normalized spacial score (nSPS) is 13.8. The van der Waals surface area contributed by atoms with Crippen LogP contribution in [0.5, 0.6) is 0 Å². The van der Waals surface area contributed by atoms with E-state index in [0.717, 1.165) is 24.1 Å². The van der Waals surface area contributed by atoms with Gasteiger partial charge < -0.3 is 16.0 Å². The lowest BCUT2D eigenvalue weighted by Crippen LogP contribution is -2.44. The summed E-state index contributed by atoms with van der Waals surface area (Å²) in [6.07, 6.45) is 5.11. The number of H-pyrrole nitrogens is 1. The number of benzene rings is 1. The Morgan fingerprint density at radius 1 is 1.40 bits per heavy atom. The third kappa shape index (κ3) is 3.45. The summed E-state index contributed by atoms with van der Waals surface area (Å²) in [6, 6.07) is 9.61. The molecule has 0 aliphatic rings. The van der Waals surface area contributed by atoms with Gasteiger partial charge in [0.25, 0.3) is 0 Å². The van der Waals surface area contributed by atoms with Gasteiger partial charge in [-0.1, -0.05) is 30.3 Å². The first-order valence-electron chi connectivity index (χ1n) is 6.71. The summed E-state index contributed by atoms with van der Waals surface area (Å²) in [6.45, 7) is 0. The second-order valence-electron chi connectivity index (χ2n) is 4.80. The third-order valence-electron chi connectivity index (χ3n) is 3.53. The van der Waals surface area contributed by atoms with Crippen LogP contribution >= 0.6 is 0 Å². The van der Waals surface area contributed by atoms with Crippen molar-refractivity contribution in [2.75, 3.05) is 7.05 Å². The van der Waals surface area contributed by atoms with Crippen molar-refractivity contribution < 1.29 is 4.79 Å². The molecule has 20 heavy (non-hydrogen) atoms. The molecular weight excluding hydrogens is 252 g/mol. The molecule has 0 aliphatic carbocycles. The number of aryl methyl sites for hydroxylation is 1. The lowest BCUT2D eigenvalue weighted by atomic mass is 9.86. The van der Waals surface area contributed by atoms with E-state index in [4.69, 9.17) is 5.73 Å². The van der Waals surface area contributed by atoms with Crippen molar-refractivity contribution in [2.24, 2.45) is 5.73 Å². The Bertz CT molecular complexity index is 524. The summed E-state index contributed by atoms with van der Waals surface area (Å²) in [4.78, 5) is 18.7. The number of rotatable bonds is 7. The summed E-state index contributed by atoms with van der Waals surface area (Å²) >= 11 is 0. The van der Waals surface area contributed by atoms with Gasteiger partial charge in [-0.25, -0.2) is 4.98 Å². The molecule has 5 heteroatoms. The van der Waals surface area contributed by atoms with Gasteiger partial charge in [0.1, 0.15) is 0 Å². The van der Waals surface area contributed by atoms with E-state index >= 15 is 0 Å². The van der Waals surface area contributed by atoms with Crippen LogP contribution in [0.4, 0.5) is 0 Å². The van der Waals surface area contributed by atoms with Crippen LogP contribution in [0, 0.1) is 0 Å². The van der Waals surface area contributed by atoms with E-state index < -0.39 is 0 Å². The van der Waals surface area contributed by atoms with Crippen molar-refractivity contribution in [2.45, 2.75) is 24.8 Å². The smallest absolute Gasteiger partial charge is 0.235 e. The van der Waals surface area contributed by atoms with E-state index in [1.54, 1.807) is 19.6 Å². The zero-order chi connectivity index (χ0) is 14.4. The molecule has 2 aromatic rings. The van der Waals surface area contributed by atoms with Crippen LogP contribution in [0.15, 0.2) is 42.9 Å². The van der Waals surface area contributed by atoms with Crippen molar-refractivity contribution in [1.29, 1.82) is 0 Å². The molecule has 4 N–H and O–H groups in total. The molecule has 0 radical (unpaired) electrons. The van der Waals surface area contributed by atoms with Gasteiger partial charge in [-0.15, -0.1) is 0 Å². The predicted octanol–water partition coefficient (Wildman–Crippen LogP) is 1.20. The number of hydrogen-bond acceptors (Lipinski definition) is 3. The largest absolute Gasteiger partial charge is 0.368 e. The van der Waals surface area contributed by atoms with E-state index in [1.807, 2.05) is 30.3 Å². The number of hydrogen-bond donors (Lipinski definition) is 3. The molecule has 2 unspecified atom stereocenters. The van der Waals surface area contributed by atoms with Crippen LogP contribution in [-0.4, -0.2) is 29.0 Å². The van der Waals surface area contributed by atoms with Gasteiger partial charge in [-0.3, -0.25) is 4.79 Å². The molecule has 5 nitrogen and oxygen atoms in total. The monoisotopic (exact) mass is 272 g/mol. The Balaban J connectivity index is 2.17. The second-order valence-corrected chi connectivity index (χ2v) is 4.80. The molecule has 106 valence electrons. The number of primary amides is 1. The summed E-state index contributed by atoms with van der Waals surface area (Å²) in [5.41, 5.74) is 7.69. The number of likely N-dealkylation sites (N-methyl/N-ethyl adjacent to an activating group) is 1. The van der Waals surface area contributed by atoms with Gasteiger partial charge >= 0.3 is 0 Å². The SMILES string of the molecule is CNC(C(N)=O)C(CCc1cnc[nH]1)c1ccccc1. The number of aromatic nitrogens is 2. The van der Waals surface area contributed by atoms with Crippen LogP contribution in [0.3, 0.4) is 0 Å². The van der Waals surface area contributed by atoms with E-state index in [-0.39, 0.29) is 17.9 Å². The molecule has 0 saturated carbocycles. The zero-order valence-electron chi connectivity index (χ0n) is 11.5. The molecule has 0 aliphatic heterocycles. The zero-order valence-corrected chi connectivity index (χ0v) is 11.5. The number of carbonyl (C=O) groups is 1. The van der Waals surface area contributed by atoms with Crippen molar-refractivity contribution in [3.63, 3.8) is 0 Å². The van der Waals surface area contributed by atoms with E-state index in [2.05, 4.69) is 15.3 Å². The van der Waals surface area contributed by atoms with Gasteiger partial charge in [0.2, 0.25) is 5.91 Å². The highest BCUT2D eigenvalue weighted by Gasteiger charge is 2.26. The lowest BCUT2D eigenvalue weighted by Gasteiger charge is -2.24. The van der Waals surface area contributed by atoms with Gasteiger partial charge in [0.05, 0.1) is 12.4 Å². The van der Waals surface area contributed by atoms with Gasteiger partial charge in [0.15, 0.2) is 0 Å². The van der Waals surface area contributed by atoms with E-state index in [1.165, 1.54) is 0 Å². The molecule has 0 fully saturated rings. The average molecular weight is 272 g/mol. The van der Waals surface area contributed by atoms with Crippen LogP contribution in [0.1, 0.15) is 23.6 Å². The molecule has 0 spiro atoms. The van der Waals surface area contributed by atoms with Crippen molar-refractivity contribution >= 4 is 5.91 Å². The highest BCUT2D eigenvalue weighted by Crippen LogP contribution is 2.25. The average Bonchev–Trinajstić information content (AvgIpc) is 2.97.